The summed E-state index contributed by atoms with van der Waals surface area (Å²) in [6.45, 7) is 0.295. The maximum atomic E-state index is 13.9. The van der Waals surface area contributed by atoms with Gasteiger partial charge in [0.05, 0.1) is 12.0 Å². The van der Waals surface area contributed by atoms with Crippen molar-refractivity contribution in [3.05, 3.63) is 54.4 Å². The molecule has 4 rings (SSSR count). The van der Waals surface area contributed by atoms with Crippen molar-refractivity contribution >= 4 is 22.0 Å². The van der Waals surface area contributed by atoms with Gasteiger partial charge in [-0.25, -0.2) is 18.7 Å². The fourth-order valence-electron chi connectivity index (χ4n) is 5.14. The van der Waals surface area contributed by atoms with Crippen LogP contribution in [0.4, 0.5) is 4.79 Å². The zero-order chi connectivity index (χ0) is 27.1. The number of nitrogens with zero attached hydrogens (tertiary/aromatic N) is 3. The summed E-state index contributed by atoms with van der Waals surface area (Å²) in [6.07, 6.45) is 7.69. The number of hydrogen-bond donors (Lipinski definition) is 2. The number of ether oxygens (including phenoxy) is 2. The quantitative estimate of drug-likeness (QED) is 0.362. The van der Waals surface area contributed by atoms with E-state index < -0.39 is 34.0 Å². The van der Waals surface area contributed by atoms with E-state index in [0.29, 0.717) is 24.3 Å². The lowest BCUT2D eigenvalue weighted by atomic mass is 9.98. The lowest BCUT2D eigenvalue weighted by Crippen LogP contribution is -2.53. The van der Waals surface area contributed by atoms with E-state index in [1.807, 2.05) is 0 Å². The second-order valence-electron chi connectivity index (χ2n) is 9.64. The van der Waals surface area contributed by atoms with Crippen LogP contribution in [0.5, 0.6) is 5.75 Å². The van der Waals surface area contributed by atoms with Gasteiger partial charge >= 0.3 is 6.09 Å². The van der Waals surface area contributed by atoms with E-state index in [1.54, 1.807) is 17.6 Å². The third-order valence-electron chi connectivity index (χ3n) is 7.19. The molecule has 2 aliphatic rings. The minimum absolute atomic E-state index is 0.0327. The minimum atomic E-state index is -4.23. The van der Waals surface area contributed by atoms with Crippen LogP contribution in [0.2, 0.25) is 0 Å². The summed E-state index contributed by atoms with van der Waals surface area (Å²) in [5, 5.41) is 9.62. The highest BCUT2D eigenvalue weighted by atomic mass is 32.2. The van der Waals surface area contributed by atoms with E-state index in [4.69, 9.17) is 9.47 Å². The SMILES string of the molecule is COc1ccc(S(=O)(=O)N(Cc2ccncc2)[C@@H](C(=O)NO)C2CCN(C(=O)OC3CCCCC3)C2)cc1. The zero-order valence-corrected chi connectivity index (χ0v) is 22.2. The minimum Gasteiger partial charge on any atom is -0.497 e. The van der Waals surface area contributed by atoms with E-state index in [0.717, 1.165) is 36.4 Å². The fourth-order valence-corrected chi connectivity index (χ4v) is 6.78. The maximum absolute atomic E-state index is 13.9. The van der Waals surface area contributed by atoms with Crippen LogP contribution in [0.25, 0.3) is 0 Å². The van der Waals surface area contributed by atoms with Gasteiger partial charge in [0.1, 0.15) is 17.9 Å². The molecule has 2 atom stereocenters. The first-order chi connectivity index (χ1) is 18.3. The molecule has 2 N–H and O–H groups in total. The first kappa shape index (κ1) is 27.8. The van der Waals surface area contributed by atoms with Crippen LogP contribution in [0.3, 0.4) is 0 Å². The summed E-state index contributed by atoms with van der Waals surface area (Å²) in [4.78, 5) is 31.4. The normalized spacial score (nSPS) is 19.2. The Morgan fingerprint density at radius 2 is 1.79 bits per heavy atom. The number of sulfonamides is 1. The molecule has 1 unspecified atom stereocenters. The average Bonchev–Trinajstić information content (AvgIpc) is 3.43. The van der Waals surface area contributed by atoms with Gasteiger partial charge in [0, 0.05) is 37.9 Å². The second-order valence-corrected chi connectivity index (χ2v) is 11.5. The lowest BCUT2D eigenvalue weighted by Gasteiger charge is -2.33. The van der Waals surface area contributed by atoms with Gasteiger partial charge in [-0.05, 0) is 74.1 Å². The Morgan fingerprint density at radius 3 is 2.42 bits per heavy atom. The predicted molar refractivity (Wildman–Crippen MR) is 137 cm³/mol. The third-order valence-corrected chi connectivity index (χ3v) is 9.03. The first-order valence-corrected chi connectivity index (χ1v) is 14.2. The van der Waals surface area contributed by atoms with Crippen LogP contribution in [0.15, 0.2) is 53.7 Å². The van der Waals surface area contributed by atoms with Gasteiger partial charge in [0.15, 0.2) is 0 Å². The molecule has 1 aliphatic heterocycles. The Labute approximate surface area is 222 Å². The number of pyridine rings is 1. The Kier molecular flexibility index (Phi) is 9.18. The summed E-state index contributed by atoms with van der Waals surface area (Å²) in [5.74, 6) is -0.961. The van der Waals surface area contributed by atoms with Crippen LogP contribution >= 0.6 is 0 Å². The number of likely N-dealkylation sites (tertiary alicyclic amines) is 1. The Hall–Kier alpha value is -3.22. The molecule has 0 bridgehead atoms. The van der Waals surface area contributed by atoms with Gasteiger partial charge in [-0.3, -0.25) is 15.0 Å². The molecule has 2 amide bonds. The van der Waals surface area contributed by atoms with Crippen LogP contribution in [-0.4, -0.2) is 72.2 Å². The van der Waals surface area contributed by atoms with Crippen molar-refractivity contribution < 1.29 is 32.7 Å². The number of hydrogen-bond acceptors (Lipinski definition) is 8. The van der Waals surface area contributed by atoms with Crippen LogP contribution in [0, 0.1) is 5.92 Å². The fraction of sp³-hybridized carbons (Fsp3) is 0.500. The van der Waals surface area contributed by atoms with E-state index in [2.05, 4.69) is 4.98 Å². The molecule has 38 heavy (non-hydrogen) atoms. The average molecular weight is 547 g/mol. The van der Waals surface area contributed by atoms with Crippen molar-refractivity contribution in [3.8, 4) is 5.75 Å². The van der Waals surface area contributed by atoms with Crippen LogP contribution in [0.1, 0.15) is 44.1 Å². The highest BCUT2D eigenvalue weighted by molar-refractivity contribution is 7.89. The molecule has 1 aromatic carbocycles. The van der Waals surface area contributed by atoms with E-state index in [-0.39, 0.29) is 24.1 Å². The number of carbonyl (C=O) groups is 2. The second kappa shape index (κ2) is 12.5. The van der Waals surface area contributed by atoms with E-state index in [9.17, 15) is 23.2 Å². The molecular formula is C26H34N4O7S. The number of rotatable bonds is 9. The van der Waals surface area contributed by atoms with Crippen molar-refractivity contribution in [2.24, 2.45) is 5.92 Å². The zero-order valence-electron chi connectivity index (χ0n) is 21.4. The summed E-state index contributed by atoms with van der Waals surface area (Å²) < 4.78 is 39.8. The van der Waals surface area contributed by atoms with Crippen molar-refractivity contribution in [3.63, 3.8) is 0 Å². The van der Waals surface area contributed by atoms with Gasteiger partial charge in [0.25, 0.3) is 5.91 Å². The van der Waals surface area contributed by atoms with Gasteiger partial charge in [-0.15, -0.1) is 0 Å². The predicted octanol–water partition coefficient (Wildman–Crippen LogP) is 2.95. The summed E-state index contributed by atoms with van der Waals surface area (Å²) >= 11 is 0. The number of carbonyl (C=O) groups excluding carboxylic acids is 2. The molecule has 2 fully saturated rings. The summed E-state index contributed by atoms with van der Waals surface area (Å²) in [6, 6.07) is 7.90. The number of aromatic nitrogens is 1. The maximum Gasteiger partial charge on any atom is 0.410 e. The molecule has 0 radical (unpaired) electrons. The monoisotopic (exact) mass is 546 g/mol. The van der Waals surface area contributed by atoms with Gasteiger partial charge in [-0.2, -0.15) is 4.31 Å². The van der Waals surface area contributed by atoms with Crippen molar-refractivity contribution in [2.75, 3.05) is 20.2 Å². The van der Waals surface area contributed by atoms with Crippen LogP contribution < -0.4 is 10.2 Å². The number of benzene rings is 1. The van der Waals surface area contributed by atoms with E-state index >= 15 is 0 Å². The molecule has 206 valence electrons. The molecule has 12 heteroatoms. The van der Waals surface area contributed by atoms with Gasteiger partial charge < -0.3 is 14.4 Å². The molecule has 1 saturated heterocycles. The molecule has 1 aliphatic carbocycles. The van der Waals surface area contributed by atoms with Crippen molar-refractivity contribution in [2.45, 2.75) is 62.1 Å². The first-order valence-electron chi connectivity index (χ1n) is 12.8. The highest BCUT2D eigenvalue weighted by Crippen LogP contribution is 2.31. The molecule has 2 heterocycles. The molecule has 1 aromatic heterocycles. The van der Waals surface area contributed by atoms with E-state index in [1.165, 1.54) is 48.7 Å². The van der Waals surface area contributed by atoms with Gasteiger partial charge in [-0.1, -0.05) is 6.42 Å². The number of hydroxylamine groups is 1. The molecule has 1 saturated carbocycles. The topological polar surface area (TPSA) is 138 Å². The highest BCUT2D eigenvalue weighted by Gasteiger charge is 2.44. The summed E-state index contributed by atoms with van der Waals surface area (Å²) in [5.41, 5.74) is 2.26. The van der Waals surface area contributed by atoms with Crippen LogP contribution in [-0.2, 0) is 26.1 Å². The Morgan fingerprint density at radius 1 is 1.11 bits per heavy atom. The Balaban J connectivity index is 1.62. The Bertz CT molecular complexity index is 1190. The number of methoxy groups -OCH3 is 1. The molecular weight excluding hydrogens is 512 g/mol. The van der Waals surface area contributed by atoms with Crippen molar-refractivity contribution in [1.82, 2.24) is 19.7 Å². The molecule has 2 aromatic rings. The molecule has 11 nitrogen and oxygen atoms in total. The number of amides is 2. The smallest absolute Gasteiger partial charge is 0.410 e. The lowest BCUT2D eigenvalue weighted by molar-refractivity contribution is -0.135. The third kappa shape index (κ3) is 6.43. The van der Waals surface area contributed by atoms with Gasteiger partial charge in [0.2, 0.25) is 10.0 Å². The van der Waals surface area contributed by atoms with Crippen molar-refractivity contribution in [1.29, 1.82) is 0 Å². The summed E-state index contributed by atoms with van der Waals surface area (Å²) in [7, 11) is -2.75. The largest absolute Gasteiger partial charge is 0.497 e. The molecule has 0 spiro atoms. The standard InChI is InChI=1S/C26H34N4O7S/c1-36-21-7-9-23(10-8-21)38(34,35)30(17-19-11-14-27-15-12-19)24(25(31)28-33)20-13-16-29(18-20)26(32)37-22-5-3-2-4-6-22/h7-12,14-15,20,22,24,33H,2-6,13,16-18H2,1H3,(H,28,31)/t20?,24-/m1/s1. The number of nitrogens with one attached hydrogen (secondary N) is 1.